The predicted octanol–water partition coefficient (Wildman–Crippen LogP) is 1.82. The SMILES string of the molecule is CC(C)(C)OCC(NN)C1CCCC1. The van der Waals surface area contributed by atoms with Crippen molar-refractivity contribution in [2.24, 2.45) is 11.8 Å². The Morgan fingerprint density at radius 3 is 2.36 bits per heavy atom. The number of rotatable bonds is 4. The van der Waals surface area contributed by atoms with Crippen molar-refractivity contribution in [2.45, 2.75) is 58.1 Å². The van der Waals surface area contributed by atoms with E-state index in [0.29, 0.717) is 12.0 Å². The van der Waals surface area contributed by atoms with Gasteiger partial charge in [-0.1, -0.05) is 12.8 Å². The van der Waals surface area contributed by atoms with Crippen LogP contribution in [0.25, 0.3) is 0 Å². The summed E-state index contributed by atoms with van der Waals surface area (Å²) < 4.78 is 5.75. The summed E-state index contributed by atoms with van der Waals surface area (Å²) in [6.45, 7) is 6.96. The molecule has 1 atom stereocenters. The monoisotopic (exact) mass is 200 g/mol. The zero-order valence-electron chi connectivity index (χ0n) is 9.68. The van der Waals surface area contributed by atoms with E-state index >= 15 is 0 Å². The molecule has 0 radical (unpaired) electrons. The van der Waals surface area contributed by atoms with E-state index in [1.165, 1.54) is 25.7 Å². The van der Waals surface area contributed by atoms with E-state index in [1.807, 2.05) is 0 Å². The Bertz CT molecular complexity index is 159. The standard InChI is InChI=1S/C11H24N2O/c1-11(2,3)14-8-10(13-12)9-6-4-5-7-9/h9-10,13H,4-8,12H2,1-3H3. The molecular formula is C11H24N2O. The summed E-state index contributed by atoms with van der Waals surface area (Å²) in [4.78, 5) is 0. The number of hydrazine groups is 1. The van der Waals surface area contributed by atoms with Crippen molar-refractivity contribution in [3.05, 3.63) is 0 Å². The smallest absolute Gasteiger partial charge is 0.0642 e. The molecule has 3 nitrogen and oxygen atoms in total. The summed E-state index contributed by atoms with van der Waals surface area (Å²) in [6, 6.07) is 0.330. The highest BCUT2D eigenvalue weighted by atomic mass is 16.5. The molecule has 1 fully saturated rings. The third kappa shape index (κ3) is 3.95. The van der Waals surface area contributed by atoms with Crippen LogP contribution in [0.4, 0.5) is 0 Å². The summed E-state index contributed by atoms with van der Waals surface area (Å²) in [6.07, 6.45) is 5.28. The average molecular weight is 200 g/mol. The van der Waals surface area contributed by atoms with Crippen molar-refractivity contribution in [2.75, 3.05) is 6.61 Å². The first kappa shape index (κ1) is 12.0. The molecule has 0 saturated heterocycles. The fourth-order valence-electron chi connectivity index (χ4n) is 2.02. The second-order valence-electron chi connectivity index (χ2n) is 5.24. The lowest BCUT2D eigenvalue weighted by atomic mass is 9.99. The van der Waals surface area contributed by atoms with Crippen molar-refractivity contribution in [3.8, 4) is 0 Å². The number of nitrogens with two attached hydrogens (primary N) is 1. The van der Waals surface area contributed by atoms with Gasteiger partial charge in [-0.15, -0.1) is 0 Å². The highest BCUT2D eigenvalue weighted by Crippen LogP contribution is 2.28. The summed E-state index contributed by atoms with van der Waals surface area (Å²) in [5, 5.41) is 0. The van der Waals surface area contributed by atoms with E-state index in [0.717, 1.165) is 6.61 Å². The van der Waals surface area contributed by atoms with Gasteiger partial charge in [-0.3, -0.25) is 11.3 Å². The molecule has 3 N–H and O–H groups in total. The average Bonchev–Trinajstić information content (AvgIpc) is 2.56. The van der Waals surface area contributed by atoms with Crippen molar-refractivity contribution >= 4 is 0 Å². The molecule has 0 aromatic rings. The lowest BCUT2D eigenvalue weighted by Gasteiger charge is -2.27. The number of nitrogens with one attached hydrogen (secondary N) is 1. The molecule has 0 heterocycles. The Morgan fingerprint density at radius 2 is 1.93 bits per heavy atom. The maximum absolute atomic E-state index is 5.75. The topological polar surface area (TPSA) is 47.3 Å². The highest BCUT2D eigenvalue weighted by Gasteiger charge is 2.25. The molecule has 14 heavy (non-hydrogen) atoms. The van der Waals surface area contributed by atoms with Crippen molar-refractivity contribution < 1.29 is 4.74 Å². The molecule has 0 aromatic carbocycles. The van der Waals surface area contributed by atoms with Gasteiger partial charge in [0.2, 0.25) is 0 Å². The van der Waals surface area contributed by atoms with Gasteiger partial charge in [0.05, 0.1) is 12.2 Å². The summed E-state index contributed by atoms with van der Waals surface area (Å²) in [7, 11) is 0. The van der Waals surface area contributed by atoms with E-state index in [9.17, 15) is 0 Å². The van der Waals surface area contributed by atoms with Crippen molar-refractivity contribution in [1.82, 2.24) is 5.43 Å². The molecule has 0 aliphatic heterocycles. The number of hydrogen-bond acceptors (Lipinski definition) is 3. The highest BCUT2D eigenvalue weighted by molar-refractivity contribution is 4.79. The van der Waals surface area contributed by atoms with Crippen LogP contribution in [0.2, 0.25) is 0 Å². The minimum atomic E-state index is -0.0618. The second-order valence-corrected chi connectivity index (χ2v) is 5.24. The predicted molar refractivity (Wildman–Crippen MR) is 58.8 cm³/mol. The first-order valence-electron chi connectivity index (χ1n) is 5.63. The molecule has 1 aliphatic rings. The molecular weight excluding hydrogens is 176 g/mol. The van der Waals surface area contributed by atoms with Crippen LogP contribution < -0.4 is 11.3 Å². The van der Waals surface area contributed by atoms with E-state index in [1.54, 1.807) is 0 Å². The van der Waals surface area contributed by atoms with E-state index in [4.69, 9.17) is 10.6 Å². The molecule has 0 bridgehead atoms. The summed E-state index contributed by atoms with van der Waals surface area (Å²) in [5.41, 5.74) is 2.83. The van der Waals surface area contributed by atoms with Crippen LogP contribution in [0.3, 0.4) is 0 Å². The molecule has 1 unspecified atom stereocenters. The molecule has 1 aliphatic carbocycles. The van der Waals surface area contributed by atoms with E-state index in [2.05, 4.69) is 26.2 Å². The summed E-state index contributed by atoms with van der Waals surface area (Å²) in [5.74, 6) is 6.26. The third-order valence-corrected chi connectivity index (χ3v) is 2.88. The van der Waals surface area contributed by atoms with Gasteiger partial charge < -0.3 is 4.74 Å². The van der Waals surface area contributed by atoms with Gasteiger partial charge in [-0.25, -0.2) is 0 Å². The minimum Gasteiger partial charge on any atom is -0.374 e. The maximum atomic E-state index is 5.75. The van der Waals surface area contributed by atoms with Gasteiger partial charge in [-0.2, -0.15) is 0 Å². The number of hydrogen-bond donors (Lipinski definition) is 2. The molecule has 0 amide bonds. The summed E-state index contributed by atoms with van der Waals surface area (Å²) >= 11 is 0. The minimum absolute atomic E-state index is 0.0618. The Labute approximate surface area is 87.4 Å². The third-order valence-electron chi connectivity index (χ3n) is 2.88. The van der Waals surface area contributed by atoms with Crippen LogP contribution in [0.15, 0.2) is 0 Å². The first-order valence-corrected chi connectivity index (χ1v) is 5.63. The van der Waals surface area contributed by atoms with Crippen LogP contribution in [0, 0.1) is 5.92 Å². The zero-order valence-corrected chi connectivity index (χ0v) is 9.68. The van der Waals surface area contributed by atoms with Crippen LogP contribution in [0.1, 0.15) is 46.5 Å². The maximum Gasteiger partial charge on any atom is 0.0642 e. The van der Waals surface area contributed by atoms with Gasteiger partial charge >= 0.3 is 0 Å². The van der Waals surface area contributed by atoms with Crippen LogP contribution in [-0.2, 0) is 4.74 Å². The second kappa shape index (κ2) is 5.10. The fourth-order valence-corrected chi connectivity index (χ4v) is 2.02. The largest absolute Gasteiger partial charge is 0.374 e. The zero-order chi connectivity index (χ0) is 10.6. The molecule has 0 aromatic heterocycles. The Balaban J connectivity index is 2.31. The Kier molecular flexibility index (Phi) is 4.35. The molecule has 3 heteroatoms. The Hall–Kier alpha value is -0.120. The van der Waals surface area contributed by atoms with Gasteiger partial charge in [0.15, 0.2) is 0 Å². The van der Waals surface area contributed by atoms with Gasteiger partial charge in [0, 0.05) is 6.04 Å². The lowest BCUT2D eigenvalue weighted by Crippen LogP contribution is -2.45. The van der Waals surface area contributed by atoms with Gasteiger partial charge in [0.1, 0.15) is 0 Å². The normalized spacial score (nSPS) is 21.4. The van der Waals surface area contributed by atoms with Crippen LogP contribution in [0.5, 0.6) is 0 Å². The molecule has 84 valence electrons. The van der Waals surface area contributed by atoms with Gasteiger partial charge in [0.25, 0.3) is 0 Å². The van der Waals surface area contributed by atoms with Crippen LogP contribution >= 0.6 is 0 Å². The first-order chi connectivity index (χ1) is 6.53. The van der Waals surface area contributed by atoms with Crippen molar-refractivity contribution in [1.29, 1.82) is 0 Å². The lowest BCUT2D eigenvalue weighted by molar-refractivity contribution is -0.0218. The van der Waals surface area contributed by atoms with E-state index < -0.39 is 0 Å². The van der Waals surface area contributed by atoms with Crippen molar-refractivity contribution in [3.63, 3.8) is 0 Å². The van der Waals surface area contributed by atoms with Crippen LogP contribution in [-0.4, -0.2) is 18.2 Å². The molecule has 1 saturated carbocycles. The quantitative estimate of drug-likeness (QED) is 0.537. The Morgan fingerprint density at radius 1 is 1.36 bits per heavy atom. The fraction of sp³-hybridized carbons (Fsp3) is 1.00. The molecule has 0 spiro atoms. The molecule has 1 rings (SSSR count). The number of ether oxygens (including phenoxy) is 1. The van der Waals surface area contributed by atoms with Gasteiger partial charge in [-0.05, 0) is 39.5 Å². The van der Waals surface area contributed by atoms with E-state index in [-0.39, 0.29) is 5.60 Å².